The van der Waals surface area contributed by atoms with E-state index >= 15 is 0 Å². The summed E-state index contributed by atoms with van der Waals surface area (Å²) >= 11 is 0. The van der Waals surface area contributed by atoms with Gasteiger partial charge in [0.15, 0.2) is 12.4 Å². The van der Waals surface area contributed by atoms with Crippen LogP contribution in [0, 0.1) is 0 Å². The van der Waals surface area contributed by atoms with E-state index in [-0.39, 0.29) is 37.0 Å². The number of likely N-dealkylation sites (N-methyl/N-ethyl adjacent to an activating group) is 1. The quantitative estimate of drug-likeness (QED) is 0.693. The highest BCUT2D eigenvalue weighted by molar-refractivity contribution is 6.02. The molecule has 0 radical (unpaired) electrons. The van der Waals surface area contributed by atoms with E-state index in [1.54, 1.807) is 32.4 Å². The Kier molecular flexibility index (Phi) is 6.49. The van der Waals surface area contributed by atoms with Crippen molar-refractivity contribution in [2.75, 3.05) is 32.2 Å². The molecule has 29 heavy (non-hydrogen) atoms. The van der Waals surface area contributed by atoms with Gasteiger partial charge < -0.3 is 19.7 Å². The van der Waals surface area contributed by atoms with Crippen molar-refractivity contribution in [1.29, 1.82) is 0 Å². The summed E-state index contributed by atoms with van der Waals surface area (Å²) < 4.78 is 10.5. The summed E-state index contributed by atoms with van der Waals surface area (Å²) in [6.07, 6.45) is 0.921. The minimum absolute atomic E-state index is 0.00646. The summed E-state index contributed by atoms with van der Waals surface area (Å²) in [6.45, 7) is 0.496. The Morgan fingerprint density at radius 2 is 1.90 bits per heavy atom. The van der Waals surface area contributed by atoms with Crippen LogP contribution in [0.4, 0.5) is 5.69 Å². The van der Waals surface area contributed by atoms with Gasteiger partial charge in [0.2, 0.25) is 5.91 Å². The van der Waals surface area contributed by atoms with Gasteiger partial charge in [0.1, 0.15) is 11.5 Å². The third-order valence-electron chi connectivity index (χ3n) is 4.84. The van der Waals surface area contributed by atoms with Gasteiger partial charge in [0.05, 0.1) is 12.8 Å². The molecule has 2 aromatic carbocycles. The van der Waals surface area contributed by atoms with Crippen LogP contribution in [0.3, 0.4) is 0 Å². The largest absolute Gasteiger partial charge is 0.497 e. The van der Waals surface area contributed by atoms with Gasteiger partial charge in [-0.1, -0.05) is 12.1 Å². The molecule has 0 unspecified atom stereocenters. The predicted molar refractivity (Wildman–Crippen MR) is 109 cm³/mol. The molecule has 2 amide bonds. The van der Waals surface area contributed by atoms with Gasteiger partial charge in [0.25, 0.3) is 5.91 Å². The van der Waals surface area contributed by atoms with E-state index in [1.807, 2.05) is 24.3 Å². The second kappa shape index (κ2) is 9.23. The fraction of sp³-hybridized carbons (Fsp3) is 0.318. The Morgan fingerprint density at radius 1 is 1.14 bits per heavy atom. The Morgan fingerprint density at radius 3 is 2.62 bits per heavy atom. The zero-order valence-corrected chi connectivity index (χ0v) is 16.6. The maximum atomic E-state index is 12.4. The Labute approximate surface area is 169 Å². The molecule has 1 aliphatic heterocycles. The third-order valence-corrected chi connectivity index (χ3v) is 4.84. The number of hydrogen-bond donors (Lipinski definition) is 1. The number of fused-ring (bicyclic) bond motifs is 1. The summed E-state index contributed by atoms with van der Waals surface area (Å²) in [5, 5.41) is 2.83. The number of ketones is 1. The van der Waals surface area contributed by atoms with E-state index < -0.39 is 0 Å². The number of nitrogens with zero attached hydrogens (tertiary/aromatic N) is 1. The van der Waals surface area contributed by atoms with Crippen LogP contribution in [0.5, 0.6) is 11.5 Å². The average molecular weight is 396 g/mol. The first-order chi connectivity index (χ1) is 14.0. The summed E-state index contributed by atoms with van der Waals surface area (Å²) in [5.41, 5.74) is 2.12. The summed E-state index contributed by atoms with van der Waals surface area (Å²) in [7, 11) is 3.26. The fourth-order valence-corrected chi connectivity index (χ4v) is 3.04. The van der Waals surface area contributed by atoms with Crippen LogP contribution in [0.25, 0.3) is 0 Å². The highest BCUT2D eigenvalue weighted by Gasteiger charge is 2.23. The van der Waals surface area contributed by atoms with Gasteiger partial charge >= 0.3 is 0 Å². The number of amides is 2. The molecular formula is C22H24N2O5. The molecular weight excluding hydrogens is 372 g/mol. The van der Waals surface area contributed by atoms with Crippen molar-refractivity contribution in [3.63, 3.8) is 0 Å². The van der Waals surface area contributed by atoms with Crippen molar-refractivity contribution in [2.45, 2.75) is 19.3 Å². The maximum Gasteiger partial charge on any atom is 0.264 e. The number of rotatable bonds is 8. The number of benzene rings is 2. The van der Waals surface area contributed by atoms with Gasteiger partial charge in [-0.25, -0.2) is 0 Å². The molecule has 0 saturated heterocycles. The van der Waals surface area contributed by atoms with Gasteiger partial charge in [-0.2, -0.15) is 0 Å². The third kappa shape index (κ3) is 5.13. The van der Waals surface area contributed by atoms with Crippen LogP contribution in [0.2, 0.25) is 0 Å². The molecule has 0 spiro atoms. The van der Waals surface area contributed by atoms with Crippen LogP contribution >= 0.6 is 0 Å². The van der Waals surface area contributed by atoms with Gasteiger partial charge in [-0.3, -0.25) is 14.4 Å². The molecule has 0 atom stereocenters. The number of nitrogens with one attached hydrogen (secondary N) is 1. The van der Waals surface area contributed by atoms with Crippen LogP contribution < -0.4 is 19.7 Å². The minimum Gasteiger partial charge on any atom is -0.497 e. The second-order valence-electron chi connectivity index (χ2n) is 6.80. The van der Waals surface area contributed by atoms with Crippen molar-refractivity contribution in [1.82, 2.24) is 5.32 Å². The van der Waals surface area contributed by atoms with Crippen molar-refractivity contribution in [3.8, 4) is 11.5 Å². The molecule has 7 heteroatoms. The van der Waals surface area contributed by atoms with Crippen LogP contribution in [-0.2, 0) is 16.0 Å². The Hall–Kier alpha value is -3.35. The minimum atomic E-state index is -0.168. The van der Waals surface area contributed by atoms with Gasteiger partial charge in [-0.15, -0.1) is 0 Å². The van der Waals surface area contributed by atoms with Crippen molar-refractivity contribution in [3.05, 3.63) is 53.6 Å². The van der Waals surface area contributed by atoms with Crippen molar-refractivity contribution < 1.29 is 23.9 Å². The average Bonchev–Trinajstić information content (AvgIpc) is 2.75. The van der Waals surface area contributed by atoms with E-state index in [4.69, 9.17) is 9.47 Å². The lowest BCUT2D eigenvalue weighted by atomic mass is 10.0. The normalized spacial score (nSPS) is 12.8. The van der Waals surface area contributed by atoms with Crippen molar-refractivity contribution >= 4 is 23.3 Å². The summed E-state index contributed by atoms with van der Waals surface area (Å²) in [6, 6.07) is 12.6. The first kappa shape index (κ1) is 20.4. The maximum absolute atomic E-state index is 12.4. The number of ether oxygens (including phenoxy) is 2. The van der Waals surface area contributed by atoms with Gasteiger partial charge in [-0.05, 0) is 42.3 Å². The van der Waals surface area contributed by atoms with Crippen LogP contribution in [0.1, 0.15) is 28.8 Å². The number of carbonyl (C=O) groups is 3. The molecule has 0 saturated carbocycles. The number of carbonyl (C=O) groups excluding carboxylic acids is 3. The number of hydrogen-bond acceptors (Lipinski definition) is 5. The smallest absolute Gasteiger partial charge is 0.264 e. The van der Waals surface area contributed by atoms with Gasteiger partial charge in [0, 0.05) is 32.0 Å². The first-order valence-electron chi connectivity index (χ1n) is 9.44. The zero-order valence-electron chi connectivity index (χ0n) is 16.6. The van der Waals surface area contributed by atoms with E-state index in [0.717, 1.165) is 11.3 Å². The van der Waals surface area contributed by atoms with Crippen molar-refractivity contribution in [2.24, 2.45) is 0 Å². The highest BCUT2D eigenvalue weighted by atomic mass is 16.5. The topological polar surface area (TPSA) is 84.9 Å². The lowest BCUT2D eigenvalue weighted by molar-refractivity contribution is -0.121. The lowest BCUT2D eigenvalue weighted by Gasteiger charge is -2.26. The van der Waals surface area contributed by atoms with Crippen LogP contribution in [0.15, 0.2) is 42.5 Å². The predicted octanol–water partition coefficient (Wildman–Crippen LogP) is 2.37. The molecule has 152 valence electrons. The number of methoxy groups -OCH3 is 1. The Balaban J connectivity index is 1.46. The molecule has 0 aliphatic carbocycles. The molecule has 2 aromatic rings. The number of anilines is 1. The molecule has 7 nitrogen and oxygen atoms in total. The molecule has 1 N–H and O–H groups in total. The molecule has 0 aromatic heterocycles. The monoisotopic (exact) mass is 396 g/mol. The zero-order chi connectivity index (χ0) is 20.8. The fourth-order valence-electron chi connectivity index (χ4n) is 3.04. The van der Waals surface area contributed by atoms with Crippen LogP contribution in [-0.4, -0.2) is 44.9 Å². The summed E-state index contributed by atoms with van der Waals surface area (Å²) in [5.74, 6) is 0.879. The van der Waals surface area contributed by atoms with E-state index in [0.29, 0.717) is 30.0 Å². The second-order valence-corrected chi connectivity index (χ2v) is 6.80. The lowest BCUT2D eigenvalue weighted by Crippen LogP contribution is -2.35. The number of Topliss-reactive ketones (excluding diaryl/α,β-unsaturated/α-hetero) is 1. The standard InChI is InChI=1S/C22H24N2O5/c1-24-18-13-16(5-9-20(18)29-14-22(24)27)19(25)8-10-21(26)23-12-11-15-3-6-17(28-2)7-4-15/h3-7,9,13H,8,10-12,14H2,1-2H3,(H,23,26). The molecule has 0 bridgehead atoms. The summed E-state index contributed by atoms with van der Waals surface area (Å²) in [4.78, 5) is 37.7. The molecule has 1 aliphatic rings. The van der Waals surface area contributed by atoms with E-state index in [2.05, 4.69) is 5.32 Å². The molecule has 3 rings (SSSR count). The Bertz CT molecular complexity index is 908. The first-order valence-corrected chi connectivity index (χ1v) is 9.44. The van der Waals surface area contributed by atoms with E-state index in [9.17, 15) is 14.4 Å². The molecule has 1 heterocycles. The SMILES string of the molecule is COc1ccc(CCNC(=O)CCC(=O)c2ccc3c(c2)N(C)C(=O)CO3)cc1. The van der Waals surface area contributed by atoms with E-state index in [1.165, 1.54) is 4.90 Å². The molecule has 0 fully saturated rings. The highest BCUT2D eigenvalue weighted by Crippen LogP contribution is 2.32.